The molecular formula is C48H66O8. The van der Waals surface area contributed by atoms with E-state index in [9.17, 15) is 40.9 Å². The molecule has 8 heteroatoms. The third-order valence-corrected chi connectivity index (χ3v) is 11.5. The van der Waals surface area contributed by atoms with E-state index in [1.807, 2.05) is 0 Å². The Labute approximate surface area is 334 Å². The highest BCUT2D eigenvalue weighted by Crippen LogP contribution is 2.47. The molecule has 8 N–H and O–H groups in total. The number of phenolic OH excluding ortho intramolecular Hbond substituents is 8. The number of benzene rings is 4. The van der Waals surface area contributed by atoms with E-state index in [0.717, 1.165) is 77.0 Å². The normalized spacial score (nSPS) is 11.6. The Morgan fingerprint density at radius 3 is 0.768 bits per heavy atom. The Morgan fingerprint density at radius 2 is 0.554 bits per heavy atom. The molecule has 0 amide bonds. The van der Waals surface area contributed by atoms with Crippen molar-refractivity contribution in [1.82, 2.24) is 0 Å². The average Bonchev–Trinajstić information content (AvgIpc) is 3.17. The SMILES string of the molecule is CCCCc1c(O)ccc(C(CCCCCCC(c2ccc(O)c(CCCC)c2O)c2ccc(O)c(CCCC)c2O)c2ccc(O)c(CCCC)c2O)c1O. The zero-order chi connectivity index (χ0) is 40.8. The molecule has 0 fully saturated rings. The monoisotopic (exact) mass is 770 g/mol. The minimum atomic E-state index is -0.379. The summed E-state index contributed by atoms with van der Waals surface area (Å²) in [4.78, 5) is 0. The summed E-state index contributed by atoms with van der Waals surface area (Å²) in [5, 5.41) is 88.9. The lowest BCUT2D eigenvalue weighted by Gasteiger charge is -2.24. The van der Waals surface area contributed by atoms with Crippen molar-refractivity contribution in [2.75, 3.05) is 0 Å². The van der Waals surface area contributed by atoms with Crippen LogP contribution in [0, 0.1) is 0 Å². The van der Waals surface area contributed by atoms with Crippen molar-refractivity contribution in [3.05, 3.63) is 93.0 Å². The topological polar surface area (TPSA) is 162 Å². The predicted molar refractivity (Wildman–Crippen MR) is 225 cm³/mol. The average molecular weight is 771 g/mol. The van der Waals surface area contributed by atoms with E-state index < -0.39 is 0 Å². The third-order valence-electron chi connectivity index (χ3n) is 11.5. The molecule has 8 nitrogen and oxygen atoms in total. The summed E-state index contributed by atoms with van der Waals surface area (Å²) in [6.07, 6.45) is 13.4. The van der Waals surface area contributed by atoms with E-state index in [2.05, 4.69) is 27.7 Å². The summed E-state index contributed by atoms with van der Waals surface area (Å²) in [5.74, 6) is -0.337. The largest absolute Gasteiger partial charge is 0.508 e. The van der Waals surface area contributed by atoms with E-state index in [1.54, 1.807) is 48.5 Å². The zero-order valence-corrected chi connectivity index (χ0v) is 34.1. The Morgan fingerprint density at radius 1 is 0.321 bits per heavy atom. The van der Waals surface area contributed by atoms with Crippen LogP contribution < -0.4 is 0 Å². The molecule has 0 aliphatic heterocycles. The maximum atomic E-state index is 11.6. The number of aromatic hydroxyl groups is 8. The quantitative estimate of drug-likeness (QED) is 0.0346. The van der Waals surface area contributed by atoms with Crippen molar-refractivity contribution in [2.24, 2.45) is 0 Å². The summed E-state index contributed by atoms with van der Waals surface area (Å²) >= 11 is 0. The van der Waals surface area contributed by atoms with Gasteiger partial charge in [-0.1, -0.05) is 103 Å². The zero-order valence-electron chi connectivity index (χ0n) is 34.1. The predicted octanol–water partition coefficient (Wildman–Crippen LogP) is 12.0. The summed E-state index contributed by atoms with van der Waals surface area (Å²) < 4.78 is 0. The molecule has 0 aromatic heterocycles. The second-order valence-corrected chi connectivity index (χ2v) is 15.5. The van der Waals surface area contributed by atoms with Gasteiger partial charge in [-0.3, -0.25) is 0 Å². The Hall–Kier alpha value is -4.72. The van der Waals surface area contributed by atoms with Gasteiger partial charge in [-0.05, 0) is 88.5 Å². The molecule has 0 saturated carbocycles. The fourth-order valence-electron chi connectivity index (χ4n) is 8.11. The molecule has 0 aliphatic carbocycles. The van der Waals surface area contributed by atoms with E-state index >= 15 is 0 Å². The summed E-state index contributed by atoms with van der Waals surface area (Å²) in [6.45, 7) is 8.25. The molecule has 306 valence electrons. The molecule has 0 aliphatic rings. The van der Waals surface area contributed by atoms with Gasteiger partial charge < -0.3 is 40.9 Å². The molecule has 4 aromatic rings. The van der Waals surface area contributed by atoms with Crippen LogP contribution in [0.2, 0.25) is 0 Å². The summed E-state index contributed by atoms with van der Waals surface area (Å²) in [6, 6.07) is 13.5. The molecule has 56 heavy (non-hydrogen) atoms. The first-order valence-electron chi connectivity index (χ1n) is 21.1. The van der Waals surface area contributed by atoms with Crippen LogP contribution in [0.25, 0.3) is 0 Å². The van der Waals surface area contributed by atoms with Gasteiger partial charge in [0, 0.05) is 56.3 Å². The van der Waals surface area contributed by atoms with E-state index in [4.69, 9.17) is 0 Å². The van der Waals surface area contributed by atoms with Crippen LogP contribution >= 0.6 is 0 Å². The summed E-state index contributed by atoms with van der Waals surface area (Å²) in [5.41, 5.74) is 4.59. The van der Waals surface area contributed by atoms with Crippen LogP contribution in [-0.2, 0) is 25.7 Å². The lowest BCUT2D eigenvalue weighted by atomic mass is 9.82. The fourth-order valence-corrected chi connectivity index (χ4v) is 8.11. The number of hydrogen-bond donors (Lipinski definition) is 8. The van der Waals surface area contributed by atoms with Crippen LogP contribution in [0.15, 0.2) is 48.5 Å². The van der Waals surface area contributed by atoms with E-state index in [-0.39, 0.29) is 57.8 Å². The molecule has 4 aromatic carbocycles. The maximum absolute atomic E-state index is 11.6. The molecule has 0 heterocycles. The van der Waals surface area contributed by atoms with E-state index in [1.165, 1.54) is 0 Å². The van der Waals surface area contributed by atoms with Gasteiger partial charge in [-0.25, -0.2) is 0 Å². The minimum absolute atomic E-state index is 0.0490. The number of hydrogen-bond acceptors (Lipinski definition) is 8. The van der Waals surface area contributed by atoms with Crippen LogP contribution in [0.1, 0.15) is 174 Å². The minimum Gasteiger partial charge on any atom is -0.508 e. The molecule has 0 spiro atoms. The molecule has 0 saturated heterocycles. The van der Waals surface area contributed by atoms with Gasteiger partial charge in [0.2, 0.25) is 0 Å². The van der Waals surface area contributed by atoms with Crippen molar-refractivity contribution < 1.29 is 40.9 Å². The first-order chi connectivity index (χ1) is 27.0. The van der Waals surface area contributed by atoms with Crippen LogP contribution in [-0.4, -0.2) is 40.9 Å². The molecule has 0 atom stereocenters. The fraction of sp³-hybridized carbons (Fsp3) is 0.500. The number of rotatable bonds is 23. The highest BCUT2D eigenvalue weighted by Gasteiger charge is 2.28. The molecule has 4 rings (SSSR count). The van der Waals surface area contributed by atoms with Crippen LogP contribution in [0.3, 0.4) is 0 Å². The molecular weight excluding hydrogens is 705 g/mol. The van der Waals surface area contributed by atoms with Gasteiger partial charge >= 0.3 is 0 Å². The van der Waals surface area contributed by atoms with Crippen LogP contribution in [0.4, 0.5) is 0 Å². The Bertz CT molecular complexity index is 1600. The Balaban J connectivity index is 1.61. The first-order valence-corrected chi connectivity index (χ1v) is 21.1. The van der Waals surface area contributed by atoms with Crippen molar-refractivity contribution in [3.63, 3.8) is 0 Å². The molecule has 0 unspecified atom stereocenters. The van der Waals surface area contributed by atoms with Gasteiger partial charge in [0.25, 0.3) is 0 Å². The number of unbranched alkanes of at least 4 members (excludes halogenated alkanes) is 7. The lowest BCUT2D eigenvalue weighted by Crippen LogP contribution is -2.06. The van der Waals surface area contributed by atoms with Gasteiger partial charge in [0.1, 0.15) is 46.0 Å². The van der Waals surface area contributed by atoms with Crippen molar-refractivity contribution >= 4 is 0 Å². The first kappa shape index (κ1) is 44.0. The lowest BCUT2D eigenvalue weighted by molar-refractivity contribution is 0.415. The van der Waals surface area contributed by atoms with Crippen LogP contribution in [0.5, 0.6) is 46.0 Å². The second kappa shape index (κ2) is 21.5. The smallest absolute Gasteiger partial charge is 0.126 e. The van der Waals surface area contributed by atoms with Gasteiger partial charge in [0.05, 0.1) is 0 Å². The highest BCUT2D eigenvalue weighted by atomic mass is 16.3. The maximum Gasteiger partial charge on any atom is 0.126 e. The van der Waals surface area contributed by atoms with Crippen molar-refractivity contribution in [2.45, 2.75) is 155 Å². The molecule has 0 radical (unpaired) electrons. The van der Waals surface area contributed by atoms with Gasteiger partial charge in [0.15, 0.2) is 0 Å². The second-order valence-electron chi connectivity index (χ2n) is 15.5. The van der Waals surface area contributed by atoms with E-state index in [0.29, 0.717) is 83.0 Å². The number of phenols is 8. The standard InChI is InChI=1S/C48H66O8/c1-5-9-17-37-41(49)27-23-33(45(37)53)31(34-24-28-42(50)38(46(34)54)18-10-6-2)21-15-13-14-16-22-32(35-25-29-43(51)39(47(35)55)19-11-7-3)36-26-30-44(52)40(48(36)56)20-12-8-4/h23-32,49-56H,5-22H2,1-4H3. The van der Waals surface area contributed by atoms with Gasteiger partial charge in [-0.2, -0.15) is 0 Å². The molecule has 0 bridgehead atoms. The van der Waals surface area contributed by atoms with Crippen molar-refractivity contribution in [1.29, 1.82) is 0 Å². The summed E-state index contributed by atoms with van der Waals surface area (Å²) in [7, 11) is 0. The highest BCUT2D eigenvalue weighted by molar-refractivity contribution is 5.58. The van der Waals surface area contributed by atoms with Crippen molar-refractivity contribution in [3.8, 4) is 46.0 Å². The van der Waals surface area contributed by atoms with Gasteiger partial charge in [-0.15, -0.1) is 0 Å². The third kappa shape index (κ3) is 10.6. The Kier molecular flexibility index (Phi) is 16.9.